The molecule has 0 radical (unpaired) electrons. The zero-order chi connectivity index (χ0) is 14.7. The molecule has 0 aliphatic carbocycles. The Bertz CT molecular complexity index is 699. The van der Waals surface area contributed by atoms with E-state index in [1.807, 2.05) is 47.1 Å². The summed E-state index contributed by atoms with van der Waals surface area (Å²) >= 11 is 0. The summed E-state index contributed by atoms with van der Waals surface area (Å²) in [5, 5.41) is 12.1. The van der Waals surface area contributed by atoms with Crippen LogP contribution in [0.2, 0.25) is 0 Å². The molecular formula is C16H19N5. The van der Waals surface area contributed by atoms with Gasteiger partial charge in [0, 0.05) is 43.8 Å². The molecule has 1 N–H and O–H groups in total. The first-order valence-electron chi connectivity index (χ1n) is 7.04. The number of hydrogen-bond donors (Lipinski definition) is 1. The molecule has 3 aromatic rings. The Labute approximate surface area is 124 Å². The second-order valence-electron chi connectivity index (χ2n) is 5.13. The van der Waals surface area contributed by atoms with E-state index < -0.39 is 0 Å². The fourth-order valence-corrected chi connectivity index (χ4v) is 2.42. The summed E-state index contributed by atoms with van der Waals surface area (Å²) in [5.41, 5.74) is 3.51. The smallest absolute Gasteiger partial charge is 0.0693 e. The van der Waals surface area contributed by atoms with Crippen LogP contribution in [-0.4, -0.2) is 19.6 Å². The Hall–Kier alpha value is -2.40. The summed E-state index contributed by atoms with van der Waals surface area (Å²) in [6.07, 6.45) is 7.68. The van der Waals surface area contributed by atoms with Crippen LogP contribution in [0.1, 0.15) is 24.1 Å². The lowest BCUT2D eigenvalue weighted by molar-refractivity contribution is 0.570. The Balaban J connectivity index is 1.77. The maximum atomic E-state index is 4.33. The van der Waals surface area contributed by atoms with Gasteiger partial charge in [-0.25, -0.2) is 4.68 Å². The largest absolute Gasteiger partial charge is 0.306 e. The van der Waals surface area contributed by atoms with Crippen molar-refractivity contribution in [2.75, 3.05) is 0 Å². The minimum absolute atomic E-state index is 0.227. The van der Waals surface area contributed by atoms with Gasteiger partial charge in [0.15, 0.2) is 0 Å². The SMILES string of the molecule is C[C@H](NCc1cnn(C)c1)c1ccccc1-n1cccn1. The van der Waals surface area contributed by atoms with E-state index >= 15 is 0 Å². The summed E-state index contributed by atoms with van der Waals surface area (Å²) in [6.45, 7) is 2.96. The van der Waals surface area contributed by atoms with Crippen molar-refractivity contribution in [1.29, 1.82) is 0 Å². The van der Waals surface area contributed by atoms with Gasteiger partial charge in [0.1, 0.15) is 0 Å². The number of nitrogens with one attached hydrogen (secondary N) is 1. The van der Waals surface area contributed by atoms with Crippen molar-refractivity contribution < 1.29 is 0 Å². The van der Waals surface area contributed by atoms with Crippen LogP contribution in [-0.2, 0) is 13.6 Å². The average Bonchev–Trinajstić information content (AvgIpc) is 3.16. The third kappa shape index (κ3) is 3.03. The van der Waals surface area contributed by atoms with Gasteiger partial charge in [-0.1, -0.05) is 18.2 Å². The van der Waals surface area contributed by atoms with Crippen LogP contribution in [0, 0.1) is 0 Å². The summed E-state index contributed by atoms with van der Waals surface area (Å²) < 4.78 is 3.72. The first kappa shape index (κ1) is 13.6. The molecule has 2 aromatic heterocycles. The third-order valence-corrected chi connectivity index (χ3v) is 3.53. The molecule has 5 nitrogen and oxygen atoms in total. The number of para-hydroxylation sites is 1. The van der Waals surface area contributed by atoms with E-state index in [4.69, 9.17) is 0 Å². The Morgan fingerprint density at radius 1 is 1.19 bits per heavy atom. The second kappa shape index (κ2) is 5.93. The van der Waals surface area contributed by atoms with E-state index in [-0.39, 0.29) is 6.04 Å². The van der Waals surface area contributed by atoms with Gasteiger partial charge < -0.3 is 5.32 Å². The normalized spacial score (nSPS) is 12.5. The molecule has 3 rings (SSSR count). The van der Waals surface area contributed by atoms with Gasteiger partial charge in [-0.05, 0) is 24.6 Å². The number of rotatable bonds is 5. The lowest BCUT2D eigenvalue weighted by Gasteiger charge is -2.17. The second-order valence-corrected chi connectivity index (χ2v) is 5.13. The lowest BCUT2D eigenvalue weighted by Crippen LogP contribution is -2.19. The van der Waals surface area contributed by atoms with Crippen molar-refractivity contribution in [3.63, 3.8) is 0 Å². The van der Waals surface area contributed by atoms with Crippen LogP contribution >= 0.6 is 0 Å². The molecule has 0 unspecified atom stereocenters. The molecule has 0 aliphatic heterocycles. The molecule has 1 atom stereocenters. The van der Waals surface area contributed by atoms with Gasteiger partial charge in [0.2, 0.25) is 0 Å². The minimum Gasteiger partial charge on any atom is -0.306 e. The topological polar surface area (TPSA) is 47.7 Å². The number of benzene rings is 1. The fraction of sp³-hybridized carbons (Fsp3) is 0.250. The first-order valence-corrected chi connectivity index (χ1v) is 7.04. The van der Waals surface area contributed by atoms with Gasteiger partial charge in [-0.15, -0.1) is 0 Å². The Morgan fingerprint density at radius 2 is 2.05 bits per heavy atom. The zero-order valence-corrected chi connectivity index (χ0v) is 12.3. The van der Waals surface area contributed by atoms with Crippen LogP contribution in [0.25, 0.3) is 5.69 Å². The van der Waals surface area contributed by atoms with Gasteiger partial charge in [0.05, 0.1) is 11.9 Å². The number of aromatic nitrogens is 4. The lowest BCUT2D eigenvalue weighted by atomic mass is 10.1. The highest BCUT2D eigenvalue weighted by atomic mass is 15.3. The minimum atomic E-state index is 0.227. The van der Waals surface area contributed by atoms with E-state index in [0.717, 1.165) is 12.2 Å². The van der Waals surface area contributed by atoms with Crippen LogP contribution in [0.5, 0.6) is 0 Å². The van der Waals surface area contributed by atoms with Crippen LogP contribution in [0.4, 0.5) is 0 Å². The molecule has 0 amide bonds. The number of aryl methyl sites for hydroxylation is 1. The molecule has 5 heteroatoms. The summed E-state index contributed by atoms with van der Waals surface area (Å²) in [4.78, 5) is 0. The van der Waals surface area contributed by atoms with Crippen LogP contribution in [0.15, 0.2) is 55.1 Å². The predicted octanol–water partition coefficient (Wildman–Crippen LogP) is 2.46. The van der Waals surface area contributed by atoms with Crippen molar-refractivity contribution in [1.82, 2.24) is 24.9 Å². The van der Waals surface area contributed by atoms with Crippen molar-refractivity contribution in [2.45, 2.75) is 19.5 Å². The van der Waals surface area contributed by atoms with E-state index in [1.165, 1.54) is 11.1 Å². The van der Waals surface area contributed by atoms with Crippen LogP contribution in [0.3, 0.4) is 0 Å². The molecule has 0 spiro atoms. The van der Waals surface area contributed by atoms with E-state index in [0.29, 0.717) is 0 Å². The van der Waals surface area contributed by atoms with E-state index in [2.05, 4.69) is 40.6 Å². The third-order valence-electron chi connectivity index (χ3n) is 3.53. The molecule has 21 heavy (non-hydrogen) atoms. The van der Waals surface area contributed by atoms with Crippen molar-refractivity contribution >= 4 is 0 Å². The molecule has 0 bridgehead atoms. The average molecular weight is 281 g/mol. The van der Waals surface area contributed by atoms with E-state index in [1.54, 1.807) is 6.20 Å². The molecule has 0 fully saturated rings. The van der Waals surface area contributed by atoms with E-state index in [9.17, 15) is 0 Å². The van der Waals surface area contributed by atoms with Gasteiger partial charge in [-0.3, -0.25) is 4.68 Å². The first-order chi connectivity index (χ1) is 10.2. The highest BCUT2D eigenvalue weighted by Gasteiger charge is 2.11. The van der Waals surface area contributed by atoms with Crippen molar-refractivity contribution in [2.24, 2.45) is 7.05 Å². The van der Waals surface area contributed by atoms with Gasteiger partial charge in [0.25, 0.3) is 0 Å². The fourth-order valence-electron chi connectivity index (χ4n) is 2.42. The monoisotopic (exact) mass is 281 g/mol. The predicted molar refractivity (Wildman–Crippen MR) is 82.0 cm³/mol. The van der Waals surface area contributed by atoms with Gasteiger partial charge in [-0.2, -0.15) is 10.2 Å². The molecule has 2 heterocycles. The molecule has 1 aromatic carbocycles. The number of hydrogen-bond acceptors (Lipinski definition) is 3. The maximum absolute atomic E-state index is 4.33. The maximum Gasteiger partial charge on any atom is 0.0693 e. The van der Waals surface area contributed by atoms with Crippen LogP contribution < -0.4 is 5.32 Å². The quantitative estimate of drug-likeness (QED) is 0.781. The summed E-state index contributed by atoms with van der Waals surface area (Å²) in [5.74, 6) is 0. The Kier molecular flexibility index (Phi) is 3.83. The molecule has 108 valence electrons. The Morgan fingerprint density at radius 3 is 2.76 bits per heavy atom. The molecule has 0 saturated carbocycles. The summed E-state index contributed by atoms with van der Waals surface area (Å²) in [6, 6.07) is 10.5. The highest BCUT2D eigenvalue weighted by Crippen LogP contribution is 2.21. The van der Waals surface area contributed by atoms with Crippen molar-refractivity contribution in [3.8, 4) is 5.69 Å². The molecular weight excluding hydrogens is 262 g/mol. The molecule has 0 aliphatic rings. The number of nitrogens with zero attached hydrogens (tertiary/aromatic N) is 4. The van der Waals surface area contributed by atoms with Gasteiger partial charge >= 0.3 is 0 Å². The highest BCUT2D eigenvalue weighted by molar-refractivity contribution is 5.42. The zero-order valence-electron chi connectivity index (χ0n) is 12.3. The molecule has 0 saturated heterocycles. The summed E-state index contributed by atoms with van der Waals surface area (Å²) in [7, 11) is 1.93. The standard InChI is InChI=1S/C16H19N5/c1-13(17-10-14-11-19-20(2)12-14)15-6-3-4-7-16(15)21-9-5-8-18-21/h3-9,11-13,17H,10H2,1-2H3/t13-/m0/s1. The van der Waals surface area contributed by atoms with Crippen molar-refractivity contribution in [3.05, 3.63) is 66.2 Å².